The first-order valence-electron chi connectivity index (χ1n) is 3.58. The fourth-order valence-electron chi connectivity index (χ4n) is 1.22. The molecule has 0 atom stereocenters. The molecule has 0 unspecified atom stereocenters. The van der Waals surface area contributed by atoms with Crippen molar-refractivity contribution in [2.45, 2.75) is 5.75 Å². The third kappa shape index (κ3) is 1.13. The maximum Gasteiger partial charge on any atom is 0.132 e. The summed E-state index contributed by atoms with van der Waals surface area (Å²) in [5.41, 5.74) is 0.983. The van der Waals surface area contributed by atoms with E-state index in [1.165, 1.54) is 6.07 Å². The number of rotatable bonds is 1. The van der Waals surface area contributed by atoms with Gasteiger partial charge in [-0.05, 0) is 23.1 Å². The van der Waals surface area contributed by atoms with Crippen LogP contribution in [-0.4, -0.2) is 0 Å². The van der Waals surface area contributed by atoms with Crippen LogP contribution in [0.1, 0.15) is 5.56 Å². The van der Waals surface area contributed by atoms with Gasteiger partial charge in [-0.15, -0.1) is 11.3 Å². The molecule has 0 spiro atoms. The number of benzene rings is 1. The van der Waals surface area contributed by atoms with Crippen LogP contribution in [0.25, 0.3) is 10.1 Å². The zero-order valence-corrected chi connectivity index (χ0v) is 7.96. The van der Waals surface area contributed by atoms with Crippen molar-refractivity contribution in [1.29, 1.82) is 0 Å². The van der Waals surface area contributed by atoms with E-state index >= 15 is 0 Å². The van der Waals surface area contributed by atoms with Crippen molar-refractivity contribution in [1.82, 2.24) is 0 Å². The van der Waals surface area contributed by atoms with Gasteiger partial charge in [-0.3, -0.25) is 0 Å². The van der Waals surface area contributed by atoms with Gasteiger partial charge in [0.2, 0.25) is 0 Å². The Morgan fingerprint density at radius 3 is 3.00 bits per heavy atom. The Labute approximate surface area is 79.4 Å². The second kappa shape index (κ2) is 3.07. The lowest BCUT2D eigenvalue weighted by atomic mass is 10.2. The van der Waals surface area contributed by atoms with Crippen molar-refractivity contribution in [3.63, 3.8) is 0 Å². The number of hydrogen-bond acceptors (Lipinski definition) is 2. The predicted molar refractivity (Wildman–Crippen MR) is 54.5 cm³/mol. The first-order chi connectivity index (χ1) is 5.83. The van der Waals surface area contributed by atoms with Gasteiger partial charge in [0.25, 0.3) is 0 Å². The molecule has 0 saturated heterocycles. The minimum atomic E-state index is -0.141. The van der Waals surface area contributed by atoms with Crippen molar-refractivity contribution in [2.75, 3.05) is 0 Å². The number of hydrogen-bond donors (Lipinski definition) is 1. The summed E-state index contributed by atoms with van der Waals surface area (Å²) in [6.45, 7) is 0. The van der Waals surface area contributed by atoms with E-state index in [2.05, 4.69) is 12.6 Å². The molecule has 62 valence electrons. The summed E-state index contributed by atoms with van der Waals surface area (Å²) in [6.07, 6.45) is 0. The van der Waals surface area contributed by atoms with Crippen LogP contribution in [-0.2, 0) is 5.75 Å². The molecule has 0 fully saturated rings. The molecule has 1 heterocycles. The van der Waals surface area contributed by atoms with Crippen LogP contribution in [0.3, 0.4) is 0 Å². The van der Waals surface area contributed by atoms with E-state index < -0.39 is 0 Å². The molecule has 12 heavy (non-hydrogen) atoms. The molecule has 0 aliphatic heterocycles. The van der Waals surface area contributed by atoms with E-state index in [0.29, 0.717) is 5.75 Å². The van der Waals surface area contributed by atoms with Crippen LogP contribution in [0.15, 0.2) is 23.6 Å². The van der Waals surface area contributed by atoms with Crippen LogP contribution in [0.2, 0.25) is 0 Å². The quantitative estimate of drug-likeness (QED) is 0.666. The number of halogens is 1. The zero-order chi connectivity index (χ0) is 8.55. The summed E-state index contributed by atoms with van der Waals surface area (Å²) < 4.78 is 14.2. The maximum absolute atomic E-state index is 13.2. The molecule has 0 nitrogen and oxygen atoms in total. The van der Waals surface area contributed by atoms with Gasteiger partial charge in [0.15, 0.2) is 0 Å². The SMILES string of the molecule is Fc1cccc2scc(CS)c12. The summed E-state index contributed by atoms with van der Waals surface area (Å²) in [5.74, 6) is 0.457. The summed E-state index contributed by atoms with van der Waals surface area (Å²) in [6, 6.07) is 5.15. The minimum absolute atomic E-state index is 0.141. The molecule has 0 aliphatic rings. The molecule has 0 radical (unpaired) electrons. The topological polar surface area (TPSA) is 0 Å². The van der Waals surface area contributed by atoms with E-state index in [4.69, 9.17) is 0 Å². The van der Waals surface area contributed by atoms with E-state index in [-0.39, 0.29) is 5.82 Å². The van der Waals surface area contributed by atoms with Gasteiger partial charge >= 0.3 is 0 Å². The number of fused-ring (bicyclic) bond motifs is 1. The summed E-state index contributed by atoms with van der Waals surface area (Å²) in [4.78, 5) is 0. The standard InChI is InChI=1S/C9H7FS2/c10-7-2-1-3-8-9(7)6(4-11)5-12-8/h1-3,5,11H,4H2. The Morgan fingerprint density at radius 2 is 2.25 bits per heavy atom. The maximum atomic E-state index is 13.2. The van der Waals surface area contributed by atoms with Crippen molar-refractivity contribution in [2.24, 2.45) is 0 Å². The molecule has 3 heteroatoms. The highest BCUT2D eigenvalue weighted by molar-refractivity contribution is 7.79. The lowest BCUT2D eigenvalue weighted by Crippen LogP contribution is -1.78. The van der Waals surface area contributed by atoms with Crippen LogP contribution >= 0.6 is 24.0 Å². The van der Waals surface area contributed by atoms with Gasteiger partial charge in [0.05, 0.1) is 0 Å². The van der Waals surface area contributed by atoms with E-state index in [9.17, 15) is 4.39 Å². The third-order valence-corrected chi connectivity index (χ3v) is 3.13. The molecule has 2 aromatic rings. The number of thiophene rings is 1. The Morgan fingerprint density at radius 1 is 1.42 bits per heavy atom. The molecule has 0 aliphatic carbocycles. The molecular weight excluding hydrogens is 191 g/mol. The highest BCUT2D eigenvalue weighted by Gasteiger charge is 2.06. The largest absolute Gasteiger partial charge is 0.206 e. The molecule has 0 saturated carbocycles. The van der Waals surface area contributed by atoms with Crippen molar-refractivity contribution in [3.8, 4) is 0 Å². The summed E-state index contributed by atoms with van der Waals surface area (Å²) >= 11 is 5.70. The highest BCUT2D eigenvalue weighted by atomic mass is 32.1. The van der Waals surface area contributed by atoms with Crippen molar-refractivity contribution < 1.29 is 4.39 Å². The van der Waals surface area contributed by atoms with Gasteiger partial charge in [0, 0.05) is 15.8 Å². The minimum Gasteiger partial charge on any atom is -0.206 e. The molecule has 0 bridgehead atoms. The lowest BCUT2D eigenvalue weighted by Gasteiger charge is -1.94. The van der Waals surface area contributed by atoms with E-state index in [0.717, 1.165) is 15.6 Å². The van der Waals surface area contributed by atoms with Crippen molar-refractivity contribution >= 4 is 34.1 Å². The predicted octanol–water partition coefficient (Wildman–Crippen LogP) is 3.47. The Kier molecular flexibility index (Phi) is 2.07. The number of thiol groups is 1. The average molecular weight is 198 g/mol. The van der Waals surface area contributed by atoms with Crippen LogP contribution in [0.5, 0.6) is 0 Å². The van der Waals surface area contributed by atoms with Gasteiger partial charge in [-0.1, -0.05) is 6.07 Å². The summed E-state index contributed by atoms with van der Waals surface area (Å²) in [7, 11) is 0. The van der Waals surface area contributed by atoms with Gasteiger partial charge in [-0.2, -0.15) is 12.6 Å². The van der Waals surface area contributed by atoms with Crippen molar-refractivity contribution in [3.05, 3.63) is 35.0 Å². The Balaban J connectivity index is 2.83. The molecule has 1 aromatic heterocycles. The second-order valence-electron chi connectivity index (χ2n) is 2.53. The highest BCUT2D eigenvalue weighted by Crippen LogP contribution is 2.28. The average Bonchev–Trinajstić information content (AvgIpc) is 2.49. The molecular formula is C9H7FS2. The first-order valence-corrected chi connectivity index (χ1v) is 5.09. The van der Waals surface area contributed by atoms with Gasteiger partial charge in [-0.25, -0.2) is 4.39 Å². The van der Waals surface area contributed by atoms with Crippen LogP contribution in [0.4, 0.5) is 4.39 Å². The van der Waals surface area contributed by atoms with Crippen LogP contribution in [0, 0.1) is 5.82 Å². The first kappa shape index (κ1) is 8.08. The zero-order valence-electron chi connectivity index (χ0n) is 6.25. The fraction of sp³-hybridized carbons (Fsp3) is 0.111. The third-order valence-electron chi connectivity index (χ3n) is 1.79. The second-order valence-corrected chi connectivity index (χ2v) is 3.76. The van der Waals surface area contributed by atoms with E-state index in [1.54, 1.807) is 17.4 Å². The van der Waals surface area contributed by atoms with Crippen LogP contribution < -0.4 is 0 Å². The van der Waals surface area contributed by atoms with E-state index in [1.807, 2.05) is 11.4 Å². The smallest absolute Gasteiger partial charge is 0.132 e. The lowest BCUT2D eigenvalue weighted by molar-refractivity contribution is 0.639. The normalized spacial score (nSPS) is 10.8. The Hall–Kier alpha value is -0.540. The van der Waals surface area contributed by atoms with Gasteiger partial charge in [0.1, 0.15) is 5.82 Å². The molecule has 1 aromatic carbocycles. The summed E-state index contributed by atoms with van der Waals surface area (Å²) in [5, 5.41) is 2.69. The molecule has 2 rings (SSSR count). The van der Waals surface area contributed by atoms with Gasteiger partial charge < -0.3 is 0 Å². The Bertz CT molecular complexity index is 406. The monoisotopic (exact) mass is 198 g/mol. The molecule has 0 amide bonds. The fourth-order valence-corrected chi connectivity index (χ4v) is 2.57. The molecule has 0 N–H and O–H groups in total.